The van der Waals surface area contributed by atoms with E-state index in [9.17, 15) is 4.79 Å². The van der Waals surface area contributed by atoms with Crippen molar-refractivity contribution in [1.29, 1.82) is 0 Å². The van der Waals surface area contributed by atoms with Crippen LogP contribution >= 0.6 is 0 Å². The molecule has 1 aliphatic rings. The highest BCUT2D eigenvalue weighted by Gasteiger charge is 2.27. The molecule has 1 rings (SSSR count). The van der Waals surface area contributed by atoms with Crippen LogP contribution in [0.4, 0.5) is 0 Å². The summed E-state index contributed by atoms with van der Waals surface area (Å²) in [6.07, 6.45) is 0. The standard InChI is InChI=1S/C9H18N2O3/c1-10(2)3-4-11(5-9(12)13)8-6-14-7-8/h8H,3-7H2,1-2H3,(H,12,13). The summed E-state index contributed by atoms with van der Waals surface area (Å²) in [5.74, 6) is -0.768. The molecule has 1 fully saturated rings. The van der Waals surface area contributed by atoms with Gasteiger partial charge >= 0.3 is 5.97 Å². The van der Waals surface area contributed by atoms with Crippen molar-refractivity contribution in [2.45, 2.75) is 6.04 Å². The molecule has 0 atom stereocenters. The highest BCUT2D eigenvalue weighted by Crippen LogP contribution is 2.09. The number of carboxylic acid groups (broad SMARTS) is 1. The third kappa shape index (κ3) is 3.61. The molecule has 1 saturated heterocycles. The number of ether oxygens (including phenoxy) is 1. The first-order chi connectivity index (χ1) is 6.59. The van der Waals surface area contributed by atoms with Crippen molar-refractivity contribution in [3.05, 3.63) is 0 Å². The molecule has 0 saturated carbocycles. The lowest BCUT2D eigenvalue weighted by molar-refractivity contribution is -0.142. The fourth-order valence-electron chi connectivity index (χ4n) is 1.33. The van der Waals surface area contributed by atoms with Crippen LogP contribution in [0.2, 0.25) is 0 Å². The zero-order chi connectivity index (χ0) is 10.6. The maximum atomic E-state index is 10.6. The molecule has 82 valence electrons. The fourth-order valence-corrected chi connectivity index (χ4v) is 1.33. The summed E-state index contributed by atoms with van der Waals surface area (Å²) in [4.78, 5) is 14.6. The molecule has 0 aromatic carbocycles. The van der Waals surface area contributed by atoms with Gasteiger partial charge in [-0.05, 0) is 14.1 Å². The van der Waals surface area contributed by atoms with Crippen LogP contribution in [0.3, 0.4) is 0 Å². The second kappa shape index (κ2) is 5.29. The second-order valence-electron chi connectivity index (χ2n) is 3.86. The molecule has 0 aromatic rings. The van der Waals surface area contributed by atoms with Crippen LogP contribution in [0.25, 0.3) is 0 Å². The summed E-state index contributed by atoms with van der Waals surface area (Å²) >= 11 is 0. The quantitative estimate of drug-likeness (QED) is 0.619. The Morgan fingerprint density at radius 1 is 1.43 bits per heavy atom. The van der Waals surface area contributed by atoms with Gasteiger partial charge in [0.15, 0.2) is 0 Å². The second-order valence-corrected chi connectivity index (χ2v) is 3.86. The third-order valence-electron chi connectivity index (χ3n) is 2.31. The monoisotopic (exact) mass is 202 g/mol. The third-order valence-corrected chi connectivity index (χ3v) is 2.31. The average Bonchev–Trinajstić information content (AvgIpc) is 1.95. The minimum absolute atomic E-state index is 0.113. The lowest BCUT2D eigenvalue weighted by atomic mass is 10.2. The number of hydrogen-bond donors (Lipinski definition) is 1. The van der Waals surface area contributed by atoms with Gasteiger partial charge in [-0.15, -0.1) is 0 Å². The normalized spacial score (nSPS) is 17.4. The SMILES string of the molecule is CN(C)CCN(CC(=O)O)C1COC1. The van der Waals surface area contributed by atoms with Crippen LogP contribution in [-0.2, 0) is 9.53 Å². The van der Waals surface area contributed by atoms with E-state index < -0.39 is 5.97 Å². The lowest BCUT2D eigenvalue weighted by Gasteiger charge is -2.36. The van der Waals surface area contributed by atoms with E-state index in [1.165, 1.54) is 0 Å². The molecule has 5 nitrogen and oxygen atoms in total. The number of aliphatic carboxylic acids is 1. The molecular formula is C9H18N2O3. The molecular weight excluding hydrogens is 184 g/mol. The van der Waals surface area contributed by atoms with Crippen molar-refractivity contribution in [3.8, 4) is 0 Å². The first-order valence-corrected chi connectivity index (χ1v) is 4.78. The summed E-state index contributed by atoms with van der Waals surface area (Å²) in [6.45, 7) is 3.11. The first-order valence-electron chi connectivity index (χ1n) is 4.78. The maximum Gasteiger partial charge on any atom is 0.317 e. The zero-order valence-electron chi connectivity index (χ0n) is 8.77. The number of rotatable bonds is 6. The van der Waals surface area contributed by atoms with Crippen LogP contribution in [0.1, 0.15) is 0 Å². The highest BCUT2D eigenvalue weighted by atomic mass is 16.5. The Morgan fingerprint density at radius 2 is 2.07 bits per heavy atom. The molecule has 14 heavy (non-hydrogen) atoms. The summed E-state index contributed by atoms with van der Waals surface area (Å²) in [5, 5.41) is 8.72. The van der Waals surface area contributed by atoms with Crippen molar-refractivity contribution in [2.75, 3.05) is 46.9 Å². The predicted octanol–water partition coefficient (Wildman–Crippen LogP) is -0.667. The van der Waals surface area contributed by atoms with E-state index >= 15 is 0 Å². The molecule has 0 radical (unpaired) electrons. The lowest BCUT2D eigenvalue weighted by Crippen LogP contribution is -2.52. The topological polar surface area (TPSA) is 53.0 Å². The zero-order valence-corrected chi connectivity index (χ0v) is 8.77. The molecule has 0 aromatic heterocycles. The maximum absolute atomic E-state index is 10.6. The number of carbonyl (C=O) groups is 1. The molecule has 0 aliphatic carbocycles. The number of carboxylic acids is 1. The van der Waals surface area contributed by atoms with E-state index in [4.69, 9.17) is 9.84 Å². The molecule has 0 spiro atoms. The van der Waals surface area contributed by atoms with Crippen molar-refractivity contribution in [2.24, 2.45) is 0 Å². The summed E-state index contributed by atoms with van der Waals surface area (Å²) < 4.78 is 5.06. The van der Waals surface area contributed by atoms with E-state index in [2.05, 4.69) is 0 Å². The van der Waals surface area contributed by atoms with Crippen molar-refractivity contribution >= 4 is 5.97 Å². The summed E-state index contributed by atoms with van der Waals surface area (Å²) in [5.41, 5.74) is 0. The smallest absolute Gasteiger partial charge is 0.317 e. The van der Waals surface area contributed by atoms with Crippen LogP contribution in [0, 0.1) is 0 Å². The van der Waals surface area contributed by atoms with Crippen LogP contribution in [-0.4, -0.2) is 73.9 Å². The molecule has 0 amide bonds. The minimum atomic E-state index is -0.768. The molecule has 1 aliphatic heterocycles. The average molecular weight is 202 g/mol. The molecule has 1 N–H and O–H groups in total. The molecule has 0 bridgehead atoms. The highest BCUT2D eigenvalue weighted by molar-refractivity contribution is 5.69. The molecule has 1 heterocycles. The van der Waals surface area contributed by atoms with E-state index in [1.807, 2.05) is 23.9 Å². The van der Waals surface area contributed by atoms with Gasteiger partial charge in [-0.1, -0.05) is 0 Å². The summed E-state index contributed by atoms with van der Waals surface area (Å²) in [7, 11) is 3.96. The largest absolute Gasteiger partial charge is 0.480 e. The van der Waals surface area contributed by atoms with Crippen molar-refractivity contribution in [3.63, 3.8) is 0 Å². The Kier molecular flexibility index (Phi) is 4.31. The van der Waals surface area contributed by atoms with E-state index in [0.717, 1.165) is 13.1 Å². The Balaban J connectivity index is 2.31. The Bertz CT molecular complexity index is 192. The van der Waals surface area contributed by atoms with E-state index in [1.54, 1.807) is 0 Å². The van der Waals surface area contributed by atoms with Gasteiger partial charge in [-0.3, -0.25) is 9.69 Å². The molecule has 5 heteroatoms. The van der Waals surface area contributed by atoms with Gasteiger partial charge in [0.25, 0.3) is 0 Å². The Labute approximate surface area is 84.2 Å². The summed E-state index contributed by atoms with van der Waals surface area (Å²) in [6, 6.07) is 0.297. The van der Waals surface area contributed by atoms with Gasteiger partial charge < -0.3 is 14.7 Å². The van der Waals surface area contributed by atoms with Crippen molar-refractivity contribution in [1.82, 2.24) is 9.80 Å². The van der Waals surface area contributed by atoms with Crippen LogP contribution < -0.4 is 0 Å². The van der Waals surface area contributed by atoms with Crippen molar-refractivity contribution < 1.29 is 14.6 Å². The van der Waals surface area contributed by atoms with Gasteiger partial charge in [0, 0.05) is 13.1 Å². The van der Waals surface area contributed by atoms with Gasteiger partial charge in [0.05, 0.1) is 25.8 Å². The van der Waals surface area contributed by atoms with Crippen LogP contribution in [0.5, 0.6) is 0 Å². The van der Waals surface area contributed by atoms with Crippen LogP contribution in [0.15, 0.2) is 0 Å². The number of hydrogen-bond acceptors (Lipinski definition) is 4. The van der Waals surface area contributed by atoms with E-state index in [0.29, 0.717) is 19.3 Å². The van der Waals surface area contributed by atoms with Gasteiger partial charge in [-0.2, -0.15) is 0 Å². The minimum Gasteiger partial charge on any atom is -0.480 e. The Morgan fingerprint density at radius 3 is 2.43 bits per heavy atom. The fraction of sp³-hybridized carbons (Fsp3) is 0.889. The Hall–Kier alpha value is -0.650. The van der Waals surface area contributed by atoms with E-state index in [-0.39, 0.29) is 6.54 Å². The molecule has 0 unspecified atom stereocenters. The number of nitrogens with zero attached hydrogens (tertiary/aromatic N) is 2. The van der Waals surface area contributed by atoms with Gasteiger partial charge in [0.2, 0.25) is 0 Å². The predicted molar refractivity (Wildman–Crippen MR) is 52.4 cm³/mol. The van der Waals surface area contributed by atoms with Gasteiger partial charge in [-0.25, -0.2) is 0 Å². The van der Waals surface area contributed by atoms with Gasteiger partial charge in [0.1, 0.15) is 0 Å². The number of likely N-dealkylation sites (N-methyl/N-ethyl adjacent to an activating group) is 1. The first kappa shape index (κ1) is 11.4.